The SMILES string of the molecule is NCCOCCN1CCC2(CCCCC2)C1. The van der Waals surface area contributed by atoms with Crippen molar-refractivity contribution in [3.63, 3.8) is 0 Å². The first-order valence-electron chi connectivity index (χ1n) is 6.85. The summed E-state index contributed by atoms with van der Waals surface area (Å²) in [5.74, 6) is 0. The van der Waals surface area contributed by atoms with Gasteiger partial charge in [-0.2, -0.15) is 0 Å². The zero-order valence-corrected chi connectivity index (χ0v) is 10.4. The van der Waals surface area contributed by atoms with E-state index < -0.39 is 0 Å². The average Bonchev–Trinajstić information content (AvgIpc) is 2.69. The predicted molar refractivity (Wildman–Crippen MR) is 66.4 cm³/mol. The molecule has 1 aliphatic carbocycles. The van der Waals surface area contributed by atoms with Gasteiger partial charge in [0.1, 0.15) is 0 Å². The summed E-state index contributed by atoms with van der Waals surface area (Å²) in [4.78, 5) is 2.59. The summed E-state index contributed by atoms with van der Waals surface area (Å²) in [5.41, 5.74) is 6.08. The van der Waals surface area contributed by atoms with Gasteiger partial charge in [0.2, 0.25) is 0 Å². The van der Waals surface area contributed by atoms with Crippen LogP contribution in [0.15, 0.2) is 0 Å². The van der Waals surface area contributed by atoms with Gasteiger partial charge < -0.3 is 15.4 Å². The third-order valence-corrected chi connectivity index (χ3v) is 4.25. The van der Waals surface area contributed by atoms with E-state index in [-0.39, 0.29) is 0 Å². The first-order valence-corrected chi connectivity index (χ1v) is 6.85. The zero-order chi connectivity index (χ0) is 11.3. The third-order valence-electron chi connectivity index (χ3n) is 4.25. The van der Waals surface area contributed by atoms with E-state index in [2.05, 4.69) is 4.90 Å². The van der Waals surface area contributed by atoms with Gasteiger partial charge in [0.15, 0.2) is 0 Å². The van der Waals surface area contributed by atoms with E-state index in [0.29, 0.717) is 18.6 Å². The molecule has 2 aliphatic rings. The minimum absolute atomic E-state index is 0.643. The van der Waals surface area contributed by atoms with Crippen LogP contribution in [0.2, 0.25) is 0 Å². The second-order valence-corrected chi connectivity index (χ2v) is 5.49. The van der Waals surface area contributed by atoms with E-state index in [9.17, 15) is 0 Å². The van der Waals surface area contributed by atoms with Crippen molar-refractivity contribution >= 4 is 0 Å². The fourth-order valence-corrected chi connectivity index (χ4v) is 3.31. The minimum Gasteiger partial charge on any atom is -0.379 e. The van der Waals surface area contributed by atoms with Crippen molar-refractivity contribution in [3.05, 3.63) is 0 Å². The van der Waals surface area contributed by atoms with Gasteiger partial charge in [-0.05, 0) is 31.2 Å². The van der Waals surface area contributed by atoms with E-state index >= 15 is 0 Å². The lowest BCUT2D eigenvalue weighted by atomic mass is 9.73. The molecule has 0 bridgehead atoms. The molecule has 2 rings (SSSR count). The Labute approximate surface area is 99.3 Å². The Bertz CT molecular complexity index is 202. The highest BCUT2D eigenvalue weighted by Gasteiger charge is 2.38. The van der Waals surface area contributed by atoms with Crippen LogP contribution >= 0.6 is 0 Å². The van der Waals surface area contributed by atoms with Gasteiger partial charge in [-0.1, -0.05) is 19.3 Å². The fraction of sp³-hybridized carbons (Fsp3) is 1.00. The number of nitrogens with zero attached hydrogens (tertiary/aromatic N) is 1. The Hall–Kier alpha value is -0.120. The molecular weight excluding hydrogens is 200 g/mol. The lowest BCUT2D eigenvalue weighted by Gasteiger charge is -2.33. The maximum Gasteiger partial charge on any atom is 0.0594 e. The quantitative estimate of drug-likeness (QED) is 0.724. The van der Waals surface area contributed by atoms with Gasteiger partial charge >= 0.3 is 0 Å². The van der Waals surface area contributed by atoms with Crippen LogP contribution in [0.5, 0.6) is 0 Å². The first-order chi connectivity index (χ1) is 7.85. The molecule has 1 saturated carbocycles. The molecule has 0 atom stereocenters. The molecule has 1 heterocycles. The molecule has 1 aliphatic heterocycles. The first kappa shape index (κ1) is 12.3. The van der Waals surface area contributed by atoms with Crippen molar-refractivity contribution in [3.8, 4) is 0 Å². The van der Waals surface area contributed by atoms with Gasteiger partial charge in [-0.15, -0.1) is 0 Å². The average molecular weight is 226 g/mol. The highest BCUT2D eigenvalue weighted by atomic mass is 16.5. The Balaban J connectivity index is 1.66. The number of likely N-dealkylation sites (tertiary alicyclic amines) is 1. The monoisotopic (exact) mass is 226 g/mol. The van der Waals surface area contributed by atoms with Crippen molar-refractivity contribution in [1.82, 2.24) is 4.90 Å². The molecule has 0 aromatic carbocycles. The largest absolute Gasteiger partial charge is 0.379 e. The van der Waals surface area contributed by atoms with Crippen molar-refractivity contribution in [2.75, 3.05) is 39.4 Å². The van der Waals surface area contributed by atoms with Crippen LogP contribution < -0.4 is 5.73 Å². The Morgan fingerprint density at radius 3 is 2.62 bits per heavy atom. The molecule has 16 heavy (non-hydrogen) atoms. The van der Waals surface area contributed by atoms with Crippen LogP contribution in [0.25, 0.3) is 0 Å². The van der Waals surface area contributed by atoms with Crippen LogP contribution in [0, 0.1) is 5.41 Å². The molecular formula is C13H26N2O. The summed E-state index contributed by atoms with van der Waals surface area (Å²) in [6.07, 6.45) is 8.72. The molecule has 2 N–H and O–H groups in total. The predicted octanol–water partition coefficient (Wildman–Crippen LogP) is 1.62. The maximum absolute atomic E-state index is 5.45. The minimum atomic E-state index is 0.643. The van der Waals surface area contributed by atoms with Crippen molar-refractivity contribution in [1.29, 1.82) is 0 Å². The normalized spacial score (nSPS) is 25.3. The van der Waals surface area contributed by atoms with E-state index in [0.717, 1.165) is 13.2 Å². The molecule has 0 unspecified atom stereocenters. The van der Waals surface area contributed by atoms with Gasteiger partial charge in [-0.25, -0.2) is 0 Å². The smallest absolute Gasteiger partial charge is 0.0594 e. The fourth-order valence-electron chi connectivity index (χ4n) is 3.31. The third kappa shape index (κ3) is 3.19. The summed E-state index contributed by atoms with van der Waals surface area (Å²) in [6, 6.07) is 0. The summed E-state index contributed by atoms with van der Waals surface area (Å²) in [6.45, 7) is 5.91. The highest BCUT2D eigenvalue weighted by molar-refractivity contribution is 4.91. The van der Waals surface area contributed by atoms with Crippen molar-refractivity contribution in [2.24, 2.45) is 11.1 Å². The second-order valence-electron chi connectivity index (χ2n) is 5.49. The Morgan fingerprint density at radius 2 is 1.88 bits per heavy atom. The lowest BCUT2D eigenvalue weighted by molar-refractivity contribution is 0.108. The molecule has 94 valence electrons. The van der Waals surface area contributed by atoms with Crippen molar-refractivity contribution < 1.29 is 4.74 Å². The van der Waals surface area contributed by atoms with Crippen LogP contribution in [-0.2, 0) is 4.74 Å². The maximum atomic E-state index is 5.45. The molecule has 3 heteroatoms. The van der Waals surface area contributed by atoms with E-state index in [1.165, 1.54) is 51.6 Å². The number of nitrogens with two attached hydrogens (primary N) is 1. The summed E-state index contributed by atoms with van der Waals surface area (Å²) < 4.78 is 5.45. The summed E-state index contributed by atoms with van der Waals surface area (Å²) in [7, 11) is 0. The summed E-state index contributed by atoms with van der Waals surface area (Å²) in [5, 5.41) is 0. The molecule has 0 radical (unpaired) electrons. The van der Waals surface area contributed by atoms with Gasteiger partial charge in [0.05, 0.1) is 13.2 Å². The van der Waals surface area contributed by atoms with Gasteiger partial charge in [0.25, 0.3) is 0 Å². The molecule has 0 aromatic rings. The molecule has 2 fully saturated rings. The number of ether oxygens (including phenoxy) is 1. The van der Waals surface area contributed by atoms with E-state index in [4.69, 9.17) is 10.5 Å². The van der Waals surface area contributed by atoms with Gasteiger partial charge in [-0.3, -0.25) is 0 Å². The topological polar surface area (TPSA) is 38.5 Å². The summed E-state index contributed by atoms with van der Waals surface area (Å²) >= 11 is 0. The highest BCUT2D eigenvalue weighted by Crippen LogP contribution is 2.43. The van der Waals surface area contributed by atoms with E-state index in [1.807, 2.05) is 0 Å². The number of hydrogen-bond donors (Lipinski definition) is 1. The molecule has 1 spiro atoms. The number of hydrogen-bond acceptors (Lipinski definition) is 3. The second kappa shape index (κ2) is 5.99. The Morgan fingerprint density at radius 1 is 1.06 bits per heavy atom. The standard InChI is InChI=1S/C13H26N2O/c14-7-10-16-11-9-15-8-6-13(12-15)4-2-1-3-5-13/h1-12,14H2. The van der Waals surface area contributed by atoms with Crippen LogP contribution in [0.4, 0.5) is 0 Å². The number of rotatable bonds is 5. The molecule has 0 amide bonds. The molecule has 3 nitrogen and oxygen atoms in total. The van der Waals surface area contributed by atoms with E-state index in [1.54, 1.807) is 0 Å². The zero-order valence-electron chi connectivity index (χ0n) is 10.4. The van der Waals surface area contributed by atoms with Gasteiger partial charge in [0, 0.05) is 19.6 Å². The van der Waals surface area contributed by atoms with Crippen LogP contribution in [0.1, 0.15) is 38.5 Å². The molecule has 1 saturated heterocycles. The molecule has 0 aromatic heterocycles. The van der Waals surface area contributed by atoms with Crippen LogP contribution in [-0.4, -0.2) is 44.3 Å². The van der Waals surface area contributed by atoms with Crippen LogP contribution in [0.3, 0.4) is 0 Å². The van der Waals surface area contributed by atoms with Crippen molar-refractivity contribution in [2.45, 2.75) is 38.5 Å². The Kier molecular flexibility index (Phi) is 4.62. The lowest BCUT2D eigenvalue weighted by Crippen LogP contribution is -2.31.